The van der Waals surface area contributed by atoms with Crippen molar-refractivity contribution in [1.29, 1.82) is 0 Å². The molecule has 0 aromatic heterocycles. The van der Waals surface area contributed by atoms with Gasteiger partial charge in [-0.3, -0.25) is 4.79 Å². The molecule has 0 unspecified atom stereocenters. The number of amides is 1. The molecule has 0 aliphatic carbocycles. The van der Waals surface area contributed by atoms with Crippen molar-refractivity contribution in [2.75, 3.05) is 25.0 Å². The molecule has 0 spiro atoms. The maximum Gasteiger partial charge on any atom is 0.243 e. The molecule has 0 radical (unpaired) electrons. The van der Waals surface area contributed by atoms with Gasteiger partial charge in [-0.1, -0.05) is 45.0 Å². The number of anilines is 1. The van der Waals surface area contributed by atoms with E-state index in [-0.39, 0.29) is 17.2 Å². The average Bonchev–Trinajstić information content (AvgIpc) is 2.75. The Morgan fingerprint density at radius 2 is 1.68 bits per heavy atom. The smallest absolute Gasteiger partial charge is 0.243 e. The highest BCUT2D eigenvalue weighted by Gasteiger charge is 2.32. The second-order valence-corrected chi connectivity index (χ2v) is 10.8. The first kappa shape index (κ1) is 23.3. The number of para-hydroxylation sites is 2. The van der Waals surface area contributed by atoms with Crippen LogP contribution in [0.5, 0.6) is 5.75 Å². The molecular weight excluding hydrogens is 412 g/mol. The van der Waals surface area contributed by atoms with Crippen LogP contribution in [0.15, 0.2) is 53.4 Å². The zero-order chi connectivity index (χ0) is 22.6. The molecule has 1 aliphatic rings. The molecule has 2 aromatic rings. The lowest BCUT2D eigenvalue weighted by Crippen LogP contribution is -2.41. The Bertz CT molecular complexity index is 1000. The molecule has 31 heavy (non-hydrogen) atoms. The van der Waals surface area contributed by atoms with E-state index in [1.807, 2.05) is 43.3 Å². The molecule has 1 fully saturated rings. The van der Waals surface area contributed by atoms with E-state index in [9.17, 15) is 13.2 Å². The lowest BCUT2D eigenvalue weighted by atomic mass is 9.87. The van der Waals surface area contributed by atoms with Crippen molar-refractivity contribution < 1.29 is 17.9 Å². The number of hydrogen-bond acceptors (Lipinski definition) is 4. The number of carbonyl (C=O) groups is 1. The second kappa shape index (κ2) is 9.40. The molecule has 1 saturated heterocycles. The average molecular weight is 445 g/mol. The van der Waals surface area contributed by atoms with Crippen LogP contribution >= 0.6 is 0 Å². The molecule has 1 aliphatic heterocycles. The fourth-order valence-electron chi connectivity index (χ4n) is 3.72. The van der Waals surface area contributed by atoms with E-state index in [1.165, 1.54) is 4.31 Å². The minimum Gasteiger partial charge on any atom is -0.492 e. The summed E-state index contributed by atoms with van der Waals surface area (Å²) in [6.45, 7) is 9.35. The maximum atomic E-state index is 13.0. The van der Waals surface area contributed by atoms with Gasteiger partial charge in [0.1, 0.15) is 5.75 Å². The highest BCUT2D eigenvalue weighted by Crippen LogP contribution is 2.29. The molecule has 7 heteroatoms. The van der Waals surface area contributed by atoms with Gasteiger partial charge in [0, 0.05) is 19.0 Å². The van der Waals surface area contributed by atoms with Crippen molar-refractivity contribution in [3.63, 3.8) is 0 Å². The number of nitrogens with one attached hydrogen (secondary N) is 1. The molecule has 1 amide bonds. The predicted octanol–water partition coefficient (Wildman–Crippen LogP) is 4.42. The van der Waals surface area contributed by atoms with E-state index in [1.54, 1.807) is 12.1 Å². The topological polar surface area (TPSA) is 75.7 Å². The lowest BCUT2D eigenvalue weighted by molar-refractivity contribution is -0.120. The second-order valence-electron chi connectivity index (χ2n) is 8.87. The van der Waals surface area contributed by atoms with Crippen molar-refractivity contribution >= 4 is 21.6 Å². The summed E-state index contributed by atoms with van der Waals surface area (Å²) in [5, 5.41) is 2.94. The Morgan fingerprint density at radius 3 is 2.26 bits per heavy atom. The quantitative estimate of drug-likeness (QED) is 0.716. The molecular formula is C24H32N2O4S. The zero-order valence-electron chi connectivity index (χ0n) is 18.7. The van der Waals surface area contributed by atoms with Crippen LogP contribution in [0.3, 0.4) is 0 Å². The van der Waals surface area contributed by atoms with Crippen LogP contribution in [0.2, 0.25) is 0 Å². The lowest BCUT2D eigenvalue weighted by Gasteiger charge is -2.31. The van der Waals surface area contributed by atoms with Gasteiger partial charge in [-0.25, -0.2) is 8.42 Å². The molecule has 3 rings (SSSR count). The minimum atomic E-state index is -3.56. The highest BCUT2D eigenvalue weighted by atomic mass is 32.2. The third-order valence-corrected chi connectivity index (χ3v) is 7.54. The van der Waals surface area contributed by atoms with Crippen molar-refractivity contribution in [3.05, 3.63) is 54.1 Å². The van der Waals surface area contributed by atoms with Crippen LogP contribution < -0.4 is 10.1 Å². The van der Waals surface area contributed by atoms with E-state index in [0.29, 0.717) is 48.9 Å². The number of rotatable bonds is 6. The summed E-state index contributed by atoms with van der Waals surface area (Å²) >= 11 is 0. The Balaban J connectivity index is 1.63. The largest absolute Gasteiger partial charge is 0.492 e. The SMILES string of the molecule is CCOc1ccccc1NC(=O)C1CCN(S(=O)(=O)c2ccc(C(C)(C)C)cc2)CC1. The Labute approximate surface area is 185 Å². The molecule has 0 bridgehead atoms. The number of benzene rings is 2. The van der Waals surface area contributed by atoms with Gasteiger partial charge in [0.25, 0.3) is 0 Å². The van der Waals surface area contributed by atoms with Gasteiger partial charge in [-0.2, -0.15) is 4.31 Å². The summed E-state index contributed by atoms with van der Waals surface area (Å²) in [5.41, 5.74) is 1.70. The van der Waals surface area contributed by atoms with E-state index >= 15 is 0 Å². The van der Waals surface area contributed by atoms with Gasteiger partial charge in [-0.05, 0) is 55.0 Å². The predicted molar refractivity (Wildman–Crippen MR) is 123 cm³/mol. The van der Waals surface area contributed by atoms with Crippen LogP contribution in [-0.2, 0) is 20.2 Å². The van der Waals surface area contributed by atoms with Crippen LogP contribution in [0.25, 0.3) is 0 Å². The molecule has 0 atom stereocenters. The van der Waals surface area contributed by atoms with Gasteiger partial charge in [0.05, 0.1) is 17.2 Å². The number of sulfonamides is 1. The Morgan fingerprint density at radius 1 is 1.06 bits per heavy atom. The first-order valence-corrected chi connectivity index (χ1v) is 12.2. The monoisotopic (exact) mass is 444 g/mol. The Hall–Kier alpha value is -2.38. The summed E-state index contributed by atoms with van der Waals surface area (Å²) in [6.07, 6.45) is 0.976. The zero-order valence-corrected chi connectivity index (χ0v) is 19.5. The van der Waals surface area contributed by atoms with E-state index in [0.717, 1.165) is 5.56 Å². The van der Waals surface area contributed by atoms with Crippen LogP contribution in [0.1, 0.15) is 46.1 Å². The first-order chi connectivity index (χ1) is 14.6. The fourth-order valence-corrected chi connectivity index (χ4v) is 5.19. The summed E-state index contributed by atoms with van der Waals surface area (Å²) in [4.78, 5) is 13.0. The first-order valence-electron chi connectivity index (χ1n) is 10.8. The summed E-state index contributed by atoms with van der Waals surface area (Å²) < 4.78 is 33.1. The highest BCUT2D eigenvalue weighted by molar-refractivity contribution is 7.89. The molecule has 6 nitrogen and oxygen atoms in total. The molecule has 168 valence electrons. The molecule has 1 N–H and O–H groups in total. The van der Waals surface area contributed by atoms with E-state index in [4.69, 9.17) is 4.74 Å². The van der Waals surface area contributed by atoms with E-state index in [2.05, 4.69) is 26.1 Å². The normalized spacial score (nSPS) is 16.1. The number of carbonyl (C=O) groups excluding carboxylic acids is 1. The number of ether oxygens (including phenoxy) is 1. The van der Waals surface area contributed by atoms with Crippen molar-refractivity contribution in [1.82, 2.24) is 4.31 Å². The molecule has 2 aromatic carbocycles. The number of nitrogens with zero attached hydrogens (tertiary/aromatic N) is 1. The van der Waals surface area contributed by atoms with E-state index < -0.39 is 10.0 Å². The standard InChI is InChI=1S/C24H32N2O4S/c1-5-30-22-9-7-6-8-21(22)25-23(27)18-14-16-26(17-15-18)31(28,29)20-12-10-19(11-13-20)24(2,3)4/h6-13,18H,5,14-17H2,1-4H3,(H,25,27). The van der Waals surface area contributed by atoms with Gasteiger partial charge in [0.2, 0.25) is 15.9 Å². The summed E-state index contributed by atoms with van der Waals surface area (Å²) in [5.74, 6) is 0.306. The van der Waals surface area contributed by atoms with Crippen molar-refractivity contribution in [2.45, 2.75) is 50.8 Å². The fraction of sp³-hybridized carbons (Fsp3) is 0.458. The van der Waals surface area contributed by atoms with Crippen LogP contribution in [-0.4, -0.2) is 38.3 Å². The molecule has 0 saturated carbocycles. The van der Waals surface area contributed by atoms with Gasteiger partial charge < -0.3 is 10.1 Å². The number of hydrogen-bond donors (Lipinski definition) is 1. The van der Waals surface area contributed by atoms with Gasteiger partial charge in [-0.15, -0.1) is 0 Å². The van der Waals surface area contributed by atoms with Gasteiger partial charge in [0.15, 0.2) is 0 Å². The summed E-state index contributed by atoms with van der Waals surface area (Å²) in [6, 6.07) is 14.4. The van der Waals surface area contributed by atoms with Crippen molar-refractivity contribution in [2.24, 2.45) is 5.92 Å². The molecule has 1 heterocycles. The minimum absolute atomic E-state index is 0.0329. The summed E-state index contributed by atoms with van der Waals surface area (Å²) in [7, 11) is -3.56. The number of piperidine rings is 1. The van der Waals surface area contributed by atoms with Gasteiger partial charge >= 0.3 is 0 Å². The maximum absolute atomic E-state index is 13.0. The third-order valence-electron chi connectivity index (χ3n) is 5.63. The van der Waals surface area contributed by atoms with Crippen LogP contribution in [0.4, 0.5) is 5.69 Å². The van der Waals surface area contributed by atoms with Crippen molar-refractivity contribution in [3.8, 4) is 5.75 Å². The Kier molecular flexibility index (Phi) is 7.06. The van der Waals surface area contributed by atoms with Crippen LogP contribution in [0, 0.1) is 5.92 Å². The third kappa shape index (κ3) is 5.46.